The Morgan fingerprint density at radius 2 is 1.44 bits per heavy atom. The Morgan fingerprint density at radius 1 is 0.844 bits per heavy atom. The Morgan fingerprint density at radius 3 is 2.03 bits per heavy atom. The van der Waals surface area contributed by atoms with Crippen LogP contribution < -0.4 is 10.2 Å². The van der Waals surface area contributed by atoms with Gasteiger partial charge in [-0.2, -0.15) is 0 Å². The van der Waals surface area contributed by atoms with Crippen LogP contribution in [0.15, 0.2) is 90.3 Å². The number of hydrogen-bond acceptors (Lipinski definition) is 4. The van der Waals surface area contributed by atoms with E-state index in [9.17, 15) is 4.79 Å². The van der Waals surface area contributed by atoms with Crippen LogP contribution in [-0.2, 0) is 4.79 Å². The van der Waals surface area contributed by atoms with E-state index in [4.69, 9.17) is 4.98 Å². The molecule has 4 nitrogen and oxygen atoms in total. The van der Waals surface area contributed by atoms with Crippen LogP contribution in [0.5, 0.6) is 0 Å². The molecule has 160 valence electrons. The van der Waals surface area contributed by atoms with Crippen LogP contribution in [0.4, 0.5) is 10.8 Å². The highest BCUT2D eigenvalue weighted by atomic mass is 32.1. The lowest BCUT2D eigenvalue weighted by Crippen LogP contribution is -2.22. The van der Waals surface area contributed by atoms with Crippen LogP contribution in [0.25, 0.3) is 11.3 Å². The number of carbonyl (C=O) groups is 1. The van der Waals surface area contributed by atoms with Crippen LogP contribution in [0.1, 0.15) is 29.9 Å². The van der Waals surface area contributed by atoms with Gasteiger partial charge in [0.05, 0.1) is 11.6 Å². The summed E-state index contributed by atoms with van der Waals surface area (Å²) in [6.45, 7) is 2.20. The number of thiazole rings is 1. The molecule has 0 unspecified atom stereocenters. The number of amides is 1. The highest BCUT2D eigenvalue weighted by Gasteiger charge is 2.22. The number of nitrogens with zero attached hydrogens (tertiary/aromatic N) is 2. The fraction of sp³-hybridized carbons (Fsp3) is 0.185. The number of benzene rings is 3. The minimum absolute atomic E-state index is 0.0415. The molecule has 1 aliphatic heterocycles. The first-order valence-corrected chi connectivity index (χ1v) is 11.9. The Labute approximate surface area is 192 Å². The van der Waals surface area contributed by atoms with Crippen molar-refractivity contribution in [2.24, 2.45) is 0 Å². The van der Waals surface area contributed by atoms with E-state index < -0.39 is 0 Å². The molecule has 1 fully saturated rings. The maximum absolute atomic E-state index is 13.3. The van der Waals surface area contributed by atoms with Gasteiger partial charge in [-0.15, -0.1) is 11.3 Å². The summed E-state index contributed by atoms with van der Waals surface area (Å²) in [5.74, 6) is -0.404. The predicted octanol–water partition coefficient (Wildman–Crippen LogP) is 6.18. The summed E-state index contributed by atoms with van der Waals surface area (Å²) >= 11 is 1.70. The van der Waals surface area contributed by atoms with E-state index in [1.807, 2.05) is 84.9 Å². The zero-order valence-electron chi connectivity index (χ0n) is 17.8. The molecule has 0 atom stereocenters. The molecule has 4 aromatic rings. The van der Waals surface area contributed by atoms with E-state index in [2.05, 4.69) is 15.6 Å². The molecule has 0 spiro atoms. The maximum atomic E-state index is 13.3. The summed E-state index contributed by atoms with van der Waals surface area (Å²) in [5.41, 5.74) is 4.79. The molecule has 1 amide bonds. The van der Waals surface area contributed by atoms with Crippen molar-refractivity contribution in [2.75, 3.05) is 23.3 Å². The summed E-state index contributed by atoms with van der Waals surface area (Å²) < 4.78 is 0. The van der Waals surface area contributed by atoms with Crippen LogP contribution in [0, 0.1) is 0 Å². The second-order valence-electron chi connectivity index (χ2n) is 8.03. The van der Waals surface area contributed by atoms with Gasteiger partial charge >= 0.3 is 0 Å². The number of carbonyl (C=O) groups excluding carboxylic acids is 1. The van der Waals surface area contributed by atoms with Crippen molar-refractivity contribution in [2.45, 2.75) is 18.8 Å². The van der Waals surface area contributed by atoms with Gasteiger partial charge in [-0.3, -0.25) is 4.79 Å². The number of rotatable bonds is 6. The minimum atomic E-state index is -0.362. The van der Waals surface area contributed by atoms with Crippen LogP contribution in [0.3, 0.4) is 0 Å². The molecule has 1 aliphatic rings. The van der Waals surface area contributed by atoms with Gasteiger partial charge in [0.1, 0.15) is 0 Å². The molecule has 2 heterocycles. The molecule has 3 aromatic carbocycles. The minimum Gasteiger partial charge on any atom is -0.348 e. The highest BCUT2D eigenvalue weighted by molar-refractivity contribution is 7.14. The first-order chi connectivity index (χ1) is 15.8. The Balaban J connectivity index is 1.33. The SMILES string of the molecule is O=C(Nc1ccc(-c2csc(N3CCCC3)n2)cc1)C(c1ccccc1)c1ccccc1. The summed E-state index contributed by atoms with van der Waals surface area (Å²) in [6, 6.07) is 27.8. The van der Waals surface area contributed by atoms with Crippen molar-refractivity contribution in [1.29, 1.82) is 0 Å². The summed E-state index contributed by atoms with van der Waals surface area (Å²) in [7, 11) is 0. The van der Waals surface area contributed by atoms with Gasteiger partial charge in [0, 0.05) is 29.7 Å². The lowest BCUT2D eigenvalue weighted by Gasteiger charge is -2.18. The van der Waals surface area contributed by atoms with Crippen molar-refractivity contribution in [1.82, 2.24) is 4.98 Å². The Bertz CT molecular complexity index is 1130. The summed E-state index contributed by atoms with van der Waals surface area (Å²) in [4.78, 5) is 20.5. The normalized spacial score (nSPS) is 13.5. The maximum Gasteiger partial charge on any atom is 0.236 e. The standard InChI is InChI=1S/C27H25N3OS/c31-26(25(21-9-3-1-4-10-21)22-11-5-2-6-12-22)28-23-15-13-20(14-16-23)24-19-32-27(29-24)30-17-7-8-18-30/h1-6,9-16,19,25H,7-8,17-18H2,(H,28,31). The third-order valence-electron chi connectivity index (χ3n) is 5.84. The van der Waals surface area contributed by atoms with E-state index in [1.165, 1.54) is 12.8 Å². The van der Waals surface area contributed by atoms with Gasteiger partial charge in [0.15, 0.2) is 5.13 Å². The largest absolute Gasteiger partial charge is 0.348 e. The third kappa shape index (κ3) is 4.43. The van der Waals surface area contributed by atoms with Crippen LogP contribution in [0.2, 0.25) is 0 Å². The van der Waals surface area contributed by atoms with Crippen molar-refractivity contribution in [3.63, 3.8) is 0 Å². The van der Waals surface area contributed by atoms with Crippen molar-refractivity contribution >= 4 is 28.1 Å². The van der Waals surface area contributed by atoms with Gasteiger partial charge in [0.2, 0.25) is 5.91 Å². The molecule has 0 saturated carbocycles. The molecule has 0 radical (unpaired) electrons. The van der Waals surface area contributed by atoms with Crippen molar-refractivity contribution in [3.8, 4) is 11.3 Å². The van der Waals surface area contributed by atoms with Crippen LogP contribution in [-0.4, -0.2) is 24.0 Å². The zero-order chi connectivity index (χ0) is 21.8. The second-order valence-corrected chi connectivity index (χ2v) is 8.87. The molecule has 0 aliphatic carbocycles. The topological polar surface area (TPSA) is 45.2 Å². The van der Waals surface area contributed by atoms with E-state index in [1.54, 1.807) is 11.3 Å². The molecule has 1 saturated heterocycles. The Kier molecular flexibility index (Phi) is 5.99. The smallest absolute Gasteiger partial charge is 0.236 e. The number of aromatic nitrogens is 1. The van der Waals surface area contributed by atoms with E-state index in [0.29, 0.717) is 0 Å². The van der Waals surface area contributed by atoms with Gasteiger partial charge < -0.3 is 10.2 Å². The van der Waals surface area contributed by atoms with Crippen molar-refractivity contribution < 1.29 is 4.79 Å². The average Bonchev–Trinajstić information content (AvgIpc) is 3.54. The molecule has 32 heavy (non-hydrogen) atoms. The predicted molar refractivity (Wildman–Crippen MR) is 132 cm³/mol. The first kappa shape index (κ1) is 20.5. The Hall–Kier alpha value is -3.44. The molecule has 5 heteroatoms. The van der Waals surface area contributed by atoms with E-state index in [0.717, 1.165) is 46.3 Å². The first-order valence-electron chi connectivity index (χ1n) is 11.0. The van der Waals surface area contributed by atoms with E-state index >= 15 is 0 Å². The second kappa shape index (κ2) is 9.37. The van der Waals surface area contributed by atoms with Crippen molar-refractivity contribution in [3.05, 3.63) is 101 Å². The lowest BCUT2D eigenvalue weighted by molar-refractivity contribution is -0.116. The quantitative estimate of drug-likeness (QED) is 0.390. The molecule has 5 rings (SSSR count). The molecule has 1 N–H and O–H groups in total. The molecule has 0 bridgehead atoms. The fourth-order valence-electron chi connectivity index (χ4n) is 4.18. The highest BCUT2D eigenvalue weighted by Crippen LogP contribution is 2.31. The van der Waals surface area contributed by atoms with Gasteiger partial charge in [-0.1, -0.05) is 72.8 Å². The molecular formula is C27H25N3OS. The summed E-state index contributed by atoms with van der Waals surface area (Å²) in [6.07, 6.45) is 2.49. The zero-order valence-corrected chi connectivity index (χ0v) is 18.6. The molecular weight excluding hydrogens is 414 g/mol. The van der Waals surface area contributed by atoms with Crippen LogP contribution >= 0.6 is 11.3 Å². The summed E-state index contributed by atoms with van der Waals surface area (Å²) in [5, 5.41) is 6.32. The fourth-order valence-corrected chi connectivity index (χ4v) is 5.06. The lowest BCUT2D eigenvalue weighted by atomic mass is 9.90. The number of nitrogens with one attached hydrogen (secondary N) is 1. The van der Waals surface area contributed by atoms with Gasteiger partial charge in [-0.25, -0.2) is 4.98 Å². The van der Waals surface area contributed by atoms with E-state index in [-0.39, 0.29) is 11.8 Å². The monoisotopic (exact) mass is 439 g/mol. The van der Waals surface area contributed by atoms with Gasteiger partial charge in [-0.05, 0) is 36.1 Å². The third-order valence-corrected chi connectivity index (χ3v) is 6.75. The van der Waals surface area contributed by atoms with Gasteiger partial charge in [0.25, 0.3) is 0 Å². The average molecular weight is 440 g/mol. The molecule has 1 aromatic heterocycles. The number of anilines is 2. The number of hydrogen-bond donors (Lipinski definition) is 1.